The fourth-order valence-electron chi connectivity index (χ4n) is 2.38. The Hall–Kier alpha value is -1.56. The van der Waals surface area contributed by atoms with Gasteiger partial charge in [-0.15, -0.1) is 0 Å². The van der Waals surface area contributed by atoms with E-state index < -0.39 is 0 Å². The zero-order valence-electron chi connectivity index (χ0n) is 12.2. The summed E-state index contributed by atoms with van der Waals surface area (Å²) in [5, 5.41) is 0. The van der Waals surface area contributed by atoms with Gasteiger partial charge in [0.15, 0.2) is 0 Å². The second-order valence-electron chi connectivity index (χ2n) is 5.20. The van der Waals surface area contributed by atoms with E-state index in [2.05, 4.69) is 62.4 Å². The molecule has 0 saturated heterocycles. The molecule has 0 nitrogen and oxygen atoms in total. The van der Waals surface area contributed by atoms with E-state index in [1.807, 2.05) is 0 Å². The summed E-state index contributed by atoms with van der Waals surface area (Å²) < 4.78 is 0. The van der Waals surface area contributed by atoms with Crippen LogP contribution in [0, 0.1) is 0 Å². The van der Waals surface area contributed by atoms with Crippen LogP contribution in [0.25, 0.3) is 11.1 Å². The summed E-state index contributed by atoms with van der Waals surface area (Å²) >= 11 is 0. The van der Waals surface area contributed by atoms with Crippen molar-refractivity contribution < 1.29 is 0 Å². The maximum absolute atomic E-state index is 2.28. The molecule has 0 spiro atoms. The molecule has 0 N–H and O–H groups in total. The van der Waals surface area contributed by atoms with Crippen molar-refractivity contribution in [3.8, 4) is 11.1 Å². The van der Waals surface area contributed by atoms with E-state index in [0.717, 1.165) is 6.42 Å². The van der Waals surface area contributed by atoms with Crippen molar-refractivity contribution in [1.82, 2.24) is 0 Å². The monoisotopic (exact) mass is 252 g/mol. The van der Waals surface area contributed by atoms with E-state index in [4.69, 9.17) is 0 Å². The Kier molecular flexibility index (Phi) is 5.20. The zero-order chi connectivity index (χ0) is 13.5. The molecule has 0 aliphatic heterocycles. The quantitative estimate of drug-likeness (QED) is 0.583. The molecule has 0 fully saturated rings. The maximum Gasteiger partial charge on any atom is -0.0184 e. The Labute approximate surface area is 117 Å². The van der Waals surface area contributed by atoms with E-state index in [1.54, 1.807) is 0 Å². The Morgan fingerprint density at radius 3 is 1.63 bits per heavy atom. The standard InChI is InChI=1S/C19H24/c1-3-5-6-7-17-10-14-19(15-11-17)18-12-8-16(4-2)9-13-18/h8-15H,3-7H2,1-2H3. The average molecular weight is 252 g/mol. The lowest BCUT2D eigenvalue weighted by Crippen LogP contribution is -1.86. The number of rotatable bonds is 6. The van der Waals surface area contributed by atoms with Gasteiger partial charge in [0.05, 0.1) is 0 Å². The molecule has 0 aromatic heterocycles. The van der Waals surface area contributed by atoms with E-state index in [0.29, 0.717) is 0 Å². The summed E-state index contributed by atoms with van der Waals surface area (Å²) in [6.45, 7) is 4.45. The zero-order valence-corrected chi connectivity index (χ0v) is 12.2. The van der Waals surface area contributed by atoms with Gasteiger partial charge in [0.25, 0.3) is 0 Å². The van der Waals surface area contributed by atoms with Crippen molar-refractivity contribution in [1.29, 1.82) is 0 Å². The minimum atomic E-state index is 1.11. The second-order valence-corrected chi connectivity index (χ2v) is 5.20. The highest BCUT2D eigenvalue weighted by molar-refractivity contribution is 5.63. The average Bonchev–Trinajstić information content (AvgIpc) is 2.48. The Balaban J connectivity index is 2.04. The Morgan fingerprint density at radius 2 is 1.16 bits per heavy atom. The van der Waals surface area contributed by atoms with Crippen LogP contribution in [-0.4, -0.2) is 0 Å². The van der Waals surface area contributed by atoms with Crippen LogP contribution in [0.4, 0.5) is 0 Å². The smallest absolute Gasteiger partial charge is 0.0184 e. The fraction of sp³-hybridized carbons (Fsp3) is 0.368. The number of unbranched alkanes of at least 4 members (excludes halogenated alkanes) is 2. The van der Waals surface area contributed by atoms with E-state index in [1.165, 1.54) is 47.9 Å². The van der Waals surface area contributed by atoms with Crippen LogP contribution in [0.3, 0.4) is 0 Å². The third-order valence-electron chi connectivity index (χ3n) is 3.72. The molecule has 0 heteroatoms. The van der Waals surface area contributed by atoms with Crippen molar-refractivity contribution in [2.45, 2.75) is 46.0 Å². The predicted octanol–water partition coefficient (Wildman–Crippen LogP) is 5.65. The topological polar surface area (TPSA) is 0 Å². The lowest BCUT2D eigenvalue weighted by Gasteiger charge is -2.05. The van der Waals surface area contributed by atoms with Gasteiger partial charge in [0.1, 0.15) is 0 Å². The number of hydrogen-bond donors (Lipinski definition) is 0. The summed E-state index contributed by atoms with van der Waals surface area (Å²) in [6, 6.07) is 18.0. The molecule has 0 aliphatic carbocycles. The maximum atomic E-state index is 2.28. The van der Waals surface area contributed by atoms with Crippen LogP contribution in [0.1, 0.15) is 44.2 Å². The molecule has 0 aliphatic rings. The molecule has 0 radical (unpaired) electrons. The molecule has 2 rings (SSSR count). The second kappa shape index (κ2) is 7.13. The van der Waals surface area contributed by atoms with Crippen LogP contribution in [-0.2, 0) is 12.8 Å². The SMILES string of the molecule is CCCCCc1ccc(-c2ccc(CC)cc2)cc1. The third-order valence-corrected chi connectivity index (χ3v) is 3.72. The molecule has 0 heterocycles. The van der Waals surface area contributed by atoms with Crippen molar-refractivity contribution in [2.24, 2.45) is 0 Å². The largest absolute Gasteiger partial charge is 0.0654 e. The van der Waals surface area contributed by atoms with Crippen LogP contribution in [0.2, 0.25) is 0 Å². The van der Waals surface area contributed by atoms with E-state index in [-0.39, 0.29) is 0 Å². The van der Waals surface area contributed by atoms with Gasteiger partial charge in [-0.3, -0.25) is 0 Å². The highest BCUT2D eigenvalue weighted by atomic mass is 14.0. The van der Waals surface area contributed by atoms with Gasteiger partial charge in [0.2, 0.25) is 0 Å². The first-order chi connectivity index (χ1) is 9.33. The van der Waals surface area contributed by atoms with Gasteiger partial charge in [-0.05, 0) is 41.5 Å². The number of hydrogen-bond acceptors (Lipinski definition) is 0. The van der Waals surface area contributed by atoms with Gasteiger partial charge in [-0.25, -0.2) is 0 Å². The van der Waals surface area contributed by atoms with E-state index >= 15 is 0 Å². The Morgan fingerprint density at radius 1 is 0.632 bits per heavy atom. The molecule has 2 aromatic rings. The molecular formula is C19H24. The highest BCUT2D eigenvalue weighted by Crippen LogP contribution is 2.21. The molecule has 100 valence electrons. The first kappa shape index (κ1) is 13.9. The summed E-state index contributed by atoms with van der Waals surface area (Å²) in [5.41, 5.74) is 5.50. The molecule has 0 saturated carbocycles. The Bertz CT molecular complexity index is 476. The summed E-state index contributed by atoms with van der Waals surface area (Å²) in [5.74, 6) is 0. The minimum absolute atomic E-state index is 1.11. The summed E-state index contributed by atoms with van der Waals surface area (Å²) in [6.07, 6.45) is 6.25. The van der Waals surface area contributed by atoms with Crippen molar-refractivity contribution in [3.05, 3.63) is 59.7 Å². The highest BCUT2D eigenvalue weighted by Gasteiger charge is 1.98. The van der Waals surface area contributed by atoms with Gasteiger partial charge in [-0.2, -0.15) is 0 Å². The number of aryl methyl sites for hydroxylation is 2. The molecule has 0 atom stereocenters. The molecule has 0 unspecified atom stereocenters. The summed E-state index contributed by atoms with van der Waals surface area (Å²) in [7, 11) is 0. The van der Waals surface area contributed by atoms with Crippen molar-refractivity contribution >= 4 is 0 Å². The fourth-order valence-corrected chi connectivity index (χ4v) is 2.38. The summed E-state index contributed by atoms with van der Waals surface area (Å²) in [4.78, 5) is 0. The first-order valence-corrected chi connectivity index (χ1v) is 7.51. The molecular weight excluding hydrogens is 228 g/mol. The minimum Gasteiger partial charge on any atom is -0.0654 e. The van der Waals surface area contributed by atoms with Gasteiger partial charge in [-0.1, -0.05) is 75.2 Å². The van der Waals surface area contributed by atoms with Crippen molar-refractivity contribution in [2.75, 3.05) is 0 Å². The van der Waals surface area contributed by atoms with Gasteiger partial charge in [0, 0.05) is 0 Å². The predicted molar refractivity (Wildman–Crippen MR) is 84.5 cm³/mol. The normalized spacial score (nSPS) is 10.6. The van der Waals surface area contributed by atoms with Gasteiger partial charge >= 0.3 is 0 Å². The van der Waals surface area contributed by atoms with Crippen LogP contribution < -0.4 is 0 Å². The van der Waals surface area contributed by atoms with Crippen LogP contribution in [0.15, 0.2) is 48.5 Å². The van der Waals surface area contributed by atoms with Crippen LogP contribution >= 0.6 is 0 Å². The van der Waals surface area contributed by atoms with Crippen LogP contribution in [0.5, 0.6) is 0 Å². The molecule has 19 heavy (non-hydrogen) atoms. The molecule has 2 aromatic carbocycles. The van der Waals surface area contributed by atoms with Crippen molar-refractivity contribution in [3.63, 3.8) is 0 Å². The third kappa shape index (κ3) is 3.96. The first-order valence-electron chi connectivity index (χ1n) is 7.51. The van der Waals surface area contributed by atoms with Gasteiger partial charge < -0.3 is 0 Å². The lowest BCUT2D eigenvalue weighted by atomic mass is 10.00. The van der Waals surface area contributed by atoms with E-state index in [9.17, 15) is 0 Å². The molecule has 0 bridgehead atoms. The lowest BCUT2D eigenvalue weighted by molar-refractivity contribution is 0.717. The number of benzene rings is 2. The molecule has 0 amide bonds.